The molecule has 0 aromatic heterocycles. The van der Waals surface area contributed by atoms with Crippen molar-refractivity contribution >= 4 is 23.4 Å². The third-order valence-corrected chi connectivity index (χ3v) is 6.00. The van der Waals surface area contributed by atoms with E-state index in [-0.39, 0.29) is 23.6 Å². The van der Waals surface area contributed by atoms with Gasteiger partial charge < -0.3 is 15.8 Å². The Labute approximate surface area is 188 Å². The monoisotopic (exact) mass is 443 g/mol. The lowest BCUT2D eigenvalue weighted by molar-refractivity contribution is -0.124. The quantitative estimate of drug-likeness (QED) is 0.647. The number of carbonyl (C=O) groups is 2. The molecule has 0 spiro atoms. The van der Waals surface area contributed by atoms with Crippen LogP contribution in [0.4, 0.5) is 0 Å². The number of benzene rings is 2. The lowest BCUT2D eigenvalue weighted by Crippen LogP contribution is -2.46. The zero-order valence-electron chi connectivity index (χ0n) is 18.2. The Bertz CT molecular complexity index is 930. The van der Waals surface area contributed by atoms with Crippen molar-refractivity contribution in [2.24, 2.45) is 5.73 Å². The van der Waals surface area contributed by atoms with Crippen LogP contribution in [0.25, 0.3) is 0 Å². The molecule has 1 heterocycles. The number of carbonyl (C=O) groups excluding carboxylic acids is 2. The lowest BCUT2D eigenvalue weighted by atomic mass is 9.97. The van der Waals surface area contributed by atoms with Gasteiger partial charge in [-0.05, 0) is 63.1 Å². The highest BCUT2D eigenvalue weighted by Crippen LogP contribution is 2.28. The number of amides is 2. The SMILES string of the molecule is CC(NC(=O)CC(C)(C)N1CC[C@@H](Oc2cccc(Cl)c2)C1)c1ccc(C(N)=O)cc1. The largest absolute Gasteiger partial charge is 0.489 e. The maximum atomic E-state index is 12.7. The fourth-order valence-electron chi connectivity index (χ4n) is 3.92. The number of nitrogens with one attached hydrogen (secondary N) is 1. The van der Waals surface area contributed by atoms with Crippen molar-refractivity contribution in [3.8, 4) is 5.75 Å². The van der Waals surface area contributed by atoms with E-state index in [1.165, 1.54) is 0 Å². The predicted molar refractivity (Wildman–Crippen MR) is 122 cm³/mol. The number of primary amides is 1. The third kappa shape index (κ3) is 6.21. The van der Waals surface area contributed by atoms with Gasteiger partial charge in [0.15, 0.2) is 0 Å². The molecule has 6 nitrogen and oxygen atoms in total. The lowest BCUT2D eigenvalue weighted by Gasteiger charge is -2.35. The highest BCUT2D eigenvalue weighted by Gasteiger charge is 2.36. The molecule has 0 aliphatic carbocycles. The first-order valence-corrected chi connectivity index (χ1v) is 10.9. The van der Waals surface area contributed by atoms with E-state index >= 15 is 0 Å². The number of hydrogen-bond donors (Lipinski definition) is 2. The van der Waals surface area contributed by atoms with Gasteiger partial charge in [0.25, 0.3) is 0 Å². The standard InChI is InChI=1S/C24H30ClN3O3/c1-16(17-7-9-18(10-8-17)23(26)30)27-22(29)14-24(2,3)28-12-11-21(15-28)31-20-6-4-5-19(25)13-20/h4-10,13,16,21H,11-12,14-15H2,1-3H3,(H2,26,30)(H,27,29)/t16?,21-/m1/s1. The third-order valence-electron chi connectivity index (χ3n) is 5.77. The molecule has 0 radical (unpaired) electrons. The fraction of sp³-hybridized carbons (Fsp3) is 0.417. The Balaban J connectivity index is 1.52. The van der Waals surface area contributed by atoms with E-state index in [1.807, 2.05) is 43.3 Å². The van der Waals surface area contributed by atoms with Crippen LogP contribution in [0.3, 0.4) is 0 Å². The molecule has 2 aromatic rings. The summed E-state index contributed by atoms with van der Waals surface area (Å²) in [5.74, 6) is 0.287. The number of halogens is 1. The topological polar surface area (TPSA) is 84.7 Å². The smallest absolute Gasteiger partial charge is 0.248 e. The Morgan fingerprint density at radius 3 is 2.61 bits per heavy atom. The number of nitrogens with zero attached hydrogens (tertiary/aromatic N) is 1. The number of ether oxygens (including phenoxy) is 1. The zero-order chi connectivity index (χ0) is 22.6. The van der Waals surface area contributed by atoms with Crippen LogP contribution in [-0.4, -0.2) is 41.4 Å². The van der Waals surface area contributed by atoms with E-state index in [9.17, 15) is 9.59 Å². The molecular weight excluding hydrogens is 414 g/mol. The van der Waals surface area contributed by atoms with Gasteiger partial charge in [0.05, 0.1) is 6.04 Å². The van der Waals surface area contributed by atoms with Crippen molar-refractivity contribution in [3.63, 3.8) is 0 Å². The molecule has 1 aliphatic rings. The fourth-order valence-corrected chi connectivity index (χ4v) is 4.10. The molecule has 2 atom stereocenters. The van der Waals surface area contributed by atoms with E-state index in [4.69, 9.17) is 22.1 Å². The number of rotatable bonds is 8. The van der Waals surface area contributed by atoms with Gasteiger partial charge >= 0.3 is 0 Å². The minimum absolute atomic E-state index is 0.0179. The second kappa shape index (κ2) is 9.71. The van der Waals surface area contributed by atoms with E-state index in [2.05, 4.69) is 24.1 Å². The Hall–Kier alpha value is -2.57. The summed E-state index contributed by atoms with van der Waals surface area (Å²) in [5.41, 5.74) is 6.36. The summed E-state index contributed by atoms with van der Waals surface area (Å²) in [5, 5.41) is 3.71. The van der Waals surface area contributed by atoms with Gasteiger partial charge in [-0.25, -0.2) is 0 Å². The van der Waals surface area contributed by atoms with Gasteiger partial charge in [0, 0.05) is 35.6 Å². The van der Waals surface area contributed by atoms with Crippen molar-refractivity contribution < 1.29 is 14.3 Å². The molecule has 0 saturated carbocycles. The average Bonchev–Trinajstić information content (AvgIpc) is 3.17. The summed E-state index contributed by atoms with van der Waals surface area (Å²) in [6, 6.07) is 14.2. The van der Waals surface area contributed by atoms with Crippen LogP contribution >= 0.6 is 11.6 Å². The minimum atomic E-state index is -0.465. The van der Waals surface area contributed by atoms with Gasteiger partial charge in [0.1, 0.15) is 11.9 Å². The summed E-state index contributed by atoms with van der Waals surface area (Å²) in [4.78, 5) is 26.2. The van der Waals surface area contributed by atoms with E-state index in [0.717, 1.165) is 30.8 Å². The number of hydrogen-bond acceptors (Lipinski definition) is 4. The van der Waals surface area contributed by atoms with Gasteiger partial charge in [-0.15, -0.1) is 0 Å². The summed E-state index contributed by atoms with van der Waals surface area (Å²) >= 11 is 6.04. The molecule has 3 N–H and O–H groups in total. The maximum Gasteiger partial charge on any atom is 0.248 e. The van der Waals surface area contributed by atoms with Crippen LogP contribution in [0.15, 0.2) is 48.5 Å². The second-order valence-corrected chi connectivity index (χ2v) is 9.13. The molecule has 3 rings (SSSR count). The highest BCUT2D eigenvalue weighted by atomic mass is 35.5. The molecule has 166 valence electrons. The zero-order valence-corrected chi connectivity index (χ0v) is 19.0. The molecule has 1 aliphatic heterocycles. The molecule has 0 bridgehead atoms. The molecule has 1 fully saturated rings. The predicted octanol–water partition coefficient (Wildman–Crippen LogP) is 3.94. The average molecular weight is 444 g/mol. The van der Waals surface area contributed by atoms with Crippen LogP contribution in [0.2, 0.25) is 5.02 Å². The van der Waals surface area contributed by atoms with Crippen molar-refractivity contribution in [1.82, 2.24) is 10.2 Å². The summed E-state index contributed by atoms with van der Waals surface area (Å²) in [6.07, 6.45) is 1.35. The second-order valence-electron chi connectivity index (χ2n) is 8.70. The van der Waals surface area contributed by atoms with E-state index in [1.54, 1.807) is 12.1 Å². The molecule has 1 saturated heterocycles. The first-order chi connectivity index (χ1) is 14.6. The minimum Gasteiger partial charge on any atom is -0.489 e. The molecule has 2 amide bonds. The van der Waals surface area contributed by atoms with Crippen molar-refractivity contribution in [2.45, 2.75) is 51.3 Å². The van der Waals surface area contributed by atoms with Crippen molar-refractivity contribution in [2.75, 3.05) is 13.1 Å². The molecule has 31 heavy (non-hydrogen) atoms. The number of likely N-dealkylation sites (tertiary alicyclic amines) is 1. The Morgan fingerprint density at radius 1 is 1.26 bits per heavy atom. The van der Waals surface area contributed by atoms with Crippen molar-refractivity contribution in [3.05, 3.63) is 64.7 Å². The van der Waals surface area contributed by atoms with Crippen LogP contribution in [-0.2, 0) is 4.79 Å². The van der Waals surface area contributed by atoms with Crippen LogP contribution in [0.1, 0.15) is 55.6 Å². The van der Waals surface area contributed by atoms with Crippen LogP contribution in [0, 0.1) is 0 Å². The Morgan fingerprint density at radius 2 is 1.97 bits per heavy atom. The first kappa shape index (κ1) is 23.1. The van der Waals surface area contributed by atoms with E-state index in [0.29, 0.717) is 17.0 Å². The van der Waals surface area contributed by atoms with Crippen LogP contribution < -0.4 is 15.8 Å². The van der Waals surface area contributed by atoms with Gasteiger partial charge in [0.2, 0.25) is 11.8 Å². The van der Waals surface area contributed by atoms with Crippen LogP contribution in [0.5, 0.6) is 5.75 Å². The molecule has 2 aromatic carbocycles. The Kier molecular flexibility index (Phi) is 7.23. The molecule has 1 unspecified atom stereocenters. The summed E-state index contributed by atoms with van der Waals surface area (Å²) < 4.78 is 6.08. The molecule has 7 heteroatoms. The van der Waals surface area contributed by atoms with Gasteiger partial charge in [-0.1, -0.05) is 29.8 Å². The summed E-state index contributed by atoms with van der Waals surface area (Å²) in [7, 11) is 0. The molecular formula is C24H30ClN3O3. The highest BCUT2D eigenvalue weighted by molar-refractivity contribution is 6.30. The summed E-state index contributed by atoms with van der Waals surface area (Å²) in [6.45, 7) is 7.72. The van der Waals surface area contributed by atoms with Crippen molar-refractivity contribution in [1.29, 1.82) is 0 Å². The normalized spacial score (nSPS) is 17.9. The number of nitrogens with two attached hydrogens (primary N) is 1. The van der Waals surface area contributed by atoms with E-state index < -0.39 is 5.91 Å². The maximum absolute atomic E-state index is 12.7. The van der Waals surface area contributed by atoms with Gasteiger partial charge in [-0.2, -0.15) is 0 Å². The first-order valence-electron chi connectivity index (χ1n) is 10.5. The van der Waals surface area contributed by atoms with Gasteiger partial charge in [-0.3, -0.25) is 14.5 Å².